The van der Waals surface area contributed by atoms with Gasteiger partial charge in [-0.15, -0.1) is 0 Å². The van der Waals surface area contributed by atoms with Crippen molar-refractivity contribution in [1.82, 2.24) is 0 Å². The average molecular weight is 307 g/mol. The number of rotatable bonds is 4. The van der Waals surface area contributed by atoms with E-state index >= 15 is 0 Å². The zero-order valence-corrected chi connectivity index (χ0v) is 12.6. The third kappa shape index (κ3) is 2.85. The van der Waals surface area contributed by atoms with E-state index in [1.54, 1.807) is 7.11 Å². The first kappa shape index (κ1) is 13.9. The van der Waals surface area contributed by atoms with Gasteiger partial charge < -0.3 is 18.9 Å². The normalized spacial score (nSPS) is 12.3. The minimum atomic E-state index is 0.200. The highest BCUT2D eigenvalue weighted by Gasteiger charge is 2.18. The number of fused-ring (bicyclic) bond motifs is 1. The molecule has 1 heterocycles. The molecule has 0 fully saturated rings. The molecular formula is C16H15ClO4. The second kappa shape index (κ2) is 5.74. The zero-order valence-electron chi connectivity index (χ0n) is 11.8. The van der Waals surface area contributed by atoms with Crippen LogP contribution in [0, 0.1) is 6.92 Å². The Bertz CT molecular complexity index is 670. The maximum absolute atomic E-state index is 6.15. The summed E-state index contributed by atoms with van der Waals surface area (Å²) in [6.07, 6.45) is 0. The van der Waals surface area contributed by atoms with Crippen molar-refractivity contribution < 1.29 is 18.9 Å². The van der Waals surface area contributed by atoms with Crippen molar-refractivity contribution >= 4 is 11.6 Å². The lowest BCUT2D eigenvalue weighted by atomic mass is 10.2. The van der Waals surface area contributed by atoms with E-state index in [1.807, 2.05) is 37.3 Å². The Kier molecular flexibility index (Phi) is 3.80. The molecule has 0 amide bonds. The summed E-state index contributed by atoms with van der Waals surface area (Å²) in [5.74, 6) is 2.64. The van der Waals surface area contributed by atoms with Crippen molar-refractivity contribution in [2.45, 2.75) is 13.5 Å². The molecule has 0 aromatic heterocycles. The summed E-state index contributed by atoms with van der Waals surface area (Å²) in [5, 5.41) is 0.527. The van der Waals surface area contributed by atoms with Crippen LogP contribution in [0.5, 0.6) is 23.0 Å². The van der Waals surface area contributed by atoms with Crippen molar-refractivity contribution in [1.29, 1.82) is 0 Å². The third-order valence-electron chi connectivity index (χ3n) is 3.20. The summed E-state index contributed by atoms with van der Waals surface area (Å²) < 4.78 is 21.7. The van der Waals surface area contributed by atoms with E-state index in [0.29, 0.717) is 34.6 Å². The van der Waals surface area contributed by atoms with E-state index in [1.165, 1.54) is 0 Å². The minimum Gasteiger partial charge on any atom is -0.493 e. The number of benzene rings is 2. The van der Waals surface area contributed by atoms with Gasteiger partial charge >= 0.3 is 0 Å². The Labute approximate surface area is 128 Å². The predicted molar refractivity (Wildman–Crippen MR) is 79.6 cm³/mol. The molecule has 0 unspecified atom stereocenters. The molecule has 0 radical (unpaired) electrons. The molecule has 110 valence electrons. The molecule has 5 heteroatoms. The van der Waals surface area contributed by atoms with Gasteiger partial charge in [-0.05, 0) is 42.3 Å². The number of halogens is 1. The highest BCUT2D eigenvalue weighted by atomic mass is 35.5. The predicted octanol–water partition coefficient (Wildman–Crippen LogP) is 3.96. The lowest BCUT2D eigenvalue weighted by molar-refractivity contribution is 0.174. The van der Waals surface area contributed by atoms with Gasteiger partial charge in [-0.1, -0.05) is 17.7 Å². The Morgan fingerprint density at radius 3 is 2.81 bits per heavy atom. The Morgan fingerprint density at radius 2 is 2.00 bits per heavy atom. The van der Waals surface area contributed by atoms with Crippen molar-refractivity contribution in [3.05, 3.63) is 46.5 Å². The summed E-state index contributed by atoms with van der Waals surface area (Å²) in [5.41, 5.74) is 2.03. The lowest BCUT2D eigenvalue weighted by Crippen LogP contribution is -1.98. The van der Waals surface area contributed by atoms with Gasteiger partial charge in [0.1, 0.15) is 6.61 Å². The molecule has 0 spiro atoms. The number of methoxy groups -OCH3 is 1. The van der Waals surface area contributed by atoms with Crippen molar-refractivity contribution in [3.63, 3.8) is 0 Å². The highest BCUT2D eigenvalue weighted by molar-refractivity contribution is 6.32. The van der Waals surface area contributed by atoms with Crippen LogP contribution in [-0.4, -0.2) is 13.9 Å². The lowest BCUT2D eigenvalue weighted by Gasteiger charge is -2.12. The molecule has 2 aromatic carbocycles. The molecule has 4 nitrogen and oxygen atoms in total. The fourth-order valence-corrected chi connectivity index (χ4v) is 2.45. The van der Waals surface area contributed by atoms with Crippen LogP contribution in [0.25, 0.3) is 0 Å². The Hall–Kier alpha value is -2.07. The molecule has 0 bridgehead atoms. The minimum absolute atomic E-state index is 0.200. The van der Waals surface area contributed by atoms with E-state index in [0.717, 1.165) is 11.1 Å². The second-order valence-corrected chi connectivity index (χ2v) is 5.16. The highest BCUT2D eigenvalue weighted by Crippen LogP contribution is 2.40. The molecule has 0 saturated heterocycles. The molecule has 0 aliphatic carbocycles. The molecule has 1 aliphatic rings. The molecule has 0 N–H and O–H groups in total. The fourth-order valence-electron chi connectivity index (χ4n) is 2.16. The number of hydrogen-bond acceptors (Lipinski definition) is 4. The van der Waals surface area contributed by atoms with Gasteiger partial charge in [0.25, 0.3) is 0 Å². The molecule has 1 aliphatic heterocycles. The number of ether oxygens (including phenoxy) is 4. The zero-order chi connectivity index (χ0) is 14.8. The van der Waals surface area contributed by atoms with E-state index in [9.17, 15) is 0 Å². The first-order valence-corrected chi connectivity index (χ1v) is 6.90. The third-order valence-corrected chi connectivity index (χ3v) is 3.48. The Balaban J connectivity index is 1.78. The monoisotopic (exact) mass is 306 g/mol. The molecular weight excluding hydrogens is 292 g/mol. The maximum Gasteiger partial charge on any atom is 0.231 e. The van der Waals surface area contributed by atoms with Crippen LogP contribution in [0.15, 0.2) is 30.3 Å². The van der Waals surface area contributed by atoms with E-state index < -0.39 is 0 Å². The maximum atomic E-state index is 6.15. The van der Waals surface area contributed by atoms with Gasteiger partial charge in [0.2, 0.25) is 6.79 Å². The van der Waals surface area contributed by atoms with Crippen LogP contribution in [0.2, 0.25) is 5.02 Å². The molecule has 2 aromatic rings. The van der Waals surface area contributed by atoms with Crippen LogP contribution < -0.4 is 18.9 Å². The summed E-state index contributed by atoms with van der Waals surface area (Å²) in [7, 11) is 1.62. The molecule has 21 heavy (non-hydrogen) atoms. The fraction of sp³-hybridized carbons (Fsp3) is 0.250. The van der Waals surface area contributed by atoms with E-state index in [4.69, 9.17) is 30.5 Å². The van der Waals surface area contributed by atoms with Gasteiger partial charge in [0, 0.05) is 0 Å². The Morgan fingerprint density at radius 1 is 1.14 bits per heavy atom. The first-order valence-electron chi connectivity index (χ1n) is 6.53. The largest absolute Gasteiger partial charge is 0.493 e. The molecule has 0 atom stereocenters. The van der Waals surface area contributed by atoms with Crippen LogP contribution in [0.1, 0.15) is 11.1 Å². The number of hydrogen-bond donors (Lipinski definition) is 0. The van der Waals surface area contributed by atoms with Crippen LogP contribution in [0.3, 0.4) is 0 Å². The molecule has 3 rings (SSSR count). The van der Waals surface area contributed by atoms with Gasteiger partial charge in [-0.2, -0.15) is 0 Å². The van der Waals surface area contributed by atoms with Gasteiger partial charge in [-0.3, -0.25) is 0 Å². The first-order chi connectivity index (χ1) is 10.2. The van der Waals surface area contributed by atoms with Crippen molar-refractivity contribution in [2.24, 2.45) is 0 Å². The molecule has 0 saturated carbocycles. The number of aryl methyl sites for hydroxylation is 1. The van der Waals surface area contributed by atoms with Crippen LogP contribution in [-0.2, 0) is 6.61 Å². The summed E-state index contributed by atoms with van der Waals surface area (Å²) in [6, 6.07) is 9.49. The SMILES string of the molecule is COc1cc(C)ccc1OCc1cc(Cl)c2c(c1)OCO2. The van der Waals surface area contributed by atoms with Crippen molar-refractivity contribution in [3.8, 4) is 23.0 Å². The quantitative estimate of drug-likeness (QED) is 0.856. The van der Waals surface area contributed by atoms with E-state index in [2.05, 4.69) is 0 Å². The smallest absolute Gasteiger partial charge is 0.231 e. The van der Waals surface area contributed by atoms with E-state index in [-0.39, 0.29) is 6.79 Å². The second-order valence-electron chi connectivity index (χ2n) is 4.75. The average Bonchev–Trinajstić information content (AvgIpc) is 2.94. The summed E-state index contributed by atoms with van der Waals surface area (Å²) in [4.78, 5) is 0. The van der Waals surface area contributed by atoms with Gasteiger partial charge in [0.05, 0.1) is 12.1 Å². The van der Waals surface area contributed by atoms with Crippen LogP contribution in [0.4, 0.5) is 0 Å². The standard InChI is InChI=1S/C16H15ClO4/c1-10-3-4-13(14(5-10)18-2)19-8-11-6-12(17)16-15(7-11)20-9-21-16/h3-7H,8-9H2,1-2H3. The van der Waals surface area contributed by atoms with Gasteiger partial charge in [0.15, 0.2) is 23.0 Å². The summed E-state index contributed by atoms with van der Waals surface area (Å²) >= 11 is 6.15. The van der Waals surface area contributed by atoms with Gasteiger partial charge in [-0.25, -0.2) is 0 Å². The van der Waals surface area contributed by atoms with Crippen LogP contribution >= 0.6 is 11.6 Å². The van der Waals surface area contributed by atoms with Crippen molar-refractivity contribution in [2.75, 3.05) is 13.9 Å². The topological polar surface area (TPSA) is 36.9 Å². The summed E-state index contributed by atoms with van der Waals surface area (Å²) in [6.45, 7) is 2.57.